The number of aliphatic hydroxyl groups is 1. The molecule has 0 radical (unpaired) electrons. The number of carbonyl (C=O) groups excluding carboxylic acids is 1. The van der Waals surface area contributed by atoms with Crippen LogP contribution in [-0.4, -0.2) is 48.2 Å². The summed E-state index contributed by atoms with van der Waals surface area (Å²) in [5, 5.41) is 12.0. The van der Waals surface area contributed by atoms with Gasteiger partial charge in [0.1, 0.15) is 0 Å². The molecule has 0 fully saturated rings. The van der Waals surface area contributed by atoms with E-state index in [2.05, 4.69) is 26.1 Å². The average Bonchev–Trinajstić information content (AvgIpc) is 2.29. The molecule has 0 saturated heterocycles. The van der Waals surface area contributed by atoms with Crippen LogP contribution in [0.4, 0.5) is 0 Å². The van der Waals surface area contributed by atoms with Crippen LogP contribution < -0.4 is 5.32 Å². The Kier molecular flexibility index (Phi) is 11.1. The molecule has 0 spiro atoms. The summed E-state index contributed by atoms with van der Waals surface area (Å²) in [5.41, 5.74) is 0. The normalized spacial score (nSPS) is 12.7. The highest BCUT2D eigenvalue weighted by atomic mass is 16.3. The number of rotatable bonds is 11. The molecule has 0 heterocycles. The molecule has 0 aromatic heterocycles. The number of unbranched alkanes of at least 4 members (excludes halogenated alkanes) is 2. The van der Waals surface area contributed by atoms with E-state index >= 15 is 0 Å². The Morgan fingerprint density at radius 1 is 1.22 bits per heavy atom. The van der Waals surface area contributed by atoms with Crippen LogP contribution in [0, 0.1) is 0 Å². The topological polar surface area (TPSA) is 52.6 Å². The molecule has 1 unspecified atom stereocenters. The highest BCUT2D eigenvalue weighted by molar-refractivity contribution is 5.78. The van der Waals surface area contributed by atoms with Crippen molar-refractivity contribution in [1.82, 2.24) is 10.2 Å². The van der Waals surface area contributed by atoms with Crippen molar-refractivity contribution in [3.05, 3.63) is 0 Å². The number of hydrogen-bond acceptors (Lipinski definition) is 3. The lowest BCUT2D eigenvalue weighted by Crippen LogP contribution is -2.42. The van der Waals surface area contributed by atoms with Crippen LogP contribution in [0.1, 0.15) is 52.9 Å². The maximum absolute atomic E-state index is 11.8. The van der Waals surface area contributed by atoms with Crippen molar-refractivity contribution in [2.24, 2.45) is 0 Å². The summed E-state index contributed by atoms with van der Waals surface area (Å²) in [4.78, 5) is 13.8. The highest BCUT2D eigenvalue weighted by Gasteiger charge is 2.11. The first-order chi connectivity index (χ1) is 8.63. The molecule has 0 rings (SSSR count). The zero-order chi connectivity index (χ0) is 13.8. The van der Waals surface area contributed by atoms with Gasteiger partial charge < -0.3 is 10.4 Å². The lowest BCUT2D eigenvalue weighted by molar-refractivity contribution is -0.123. The molecule has 2 N–H and O–H groups in total. The third-order valence-corrected chi connectivity index (χ3v) is 2.97. The Balaban J connectivity index is 3.84. The van der Waals surface area contributed by atoms with Crippen LogP contribution in [0.25, 0.3) is 0 Å². The number of aliphatic hydroxyl groups excluding tert-OH is 1. The minimum Gasteiger partial charge on any atom is -0.395 e. The zero-order valence-corrected chi connectivity index (χ0v) is 12.2. The molecule has 18 heavy (non-hydrogen) atoms. The van der Waals surface area contributed by atoms with E-state index in [4.69, 9.17) is 5.11 Å². The molecule has 0 saturated carbocycles. The lowest BCUT2D eigenvalue weighted by Gasteiger charge is -2.21. The Bertz CT molecular complexity index is 204. The smallest absolute Gasteiger partial charge is 0.234 e. The van der Waals surface area contributed by atoms with Crippen molar-refractivity contribution >= 4 is 5.91 Å². The van der Waals surface area contributed by atoms with Gasteiger partial charge >= 0.3 is 0 Å². The second-order valence-electron chi connectivity index (χ2n) is 4.96. The van der Waals surface area contributed by atoms with Gasteiger partial charge in [-0.3, -0.25) is 9.69 Å². The van der Waals surface area contributed by atoms with E-state index in [0.29, 0.717) is 13.1 Å². The maximum Gasteiger partial charge on any atom is 0.234 e. The van der Waals surface area contributed by atoms with E-state index in [0.717, 1.165) is 19.4 Å². The second-order valence-corrected chi connectivity index (χ2v) is 4.96. The summed E-state index contributed by atoms with van der Waals surface area (Å²) in [6.45, 7) is 8.26. The van der Waals surface area contributed by atoms with Crippen LogP contribution in [0.15, 0.2) is 0 Å². The fourth-order valence-electron chi connectivity index (χ4n) is 2.02. The van der Waals surface area contributed by atoms with Gasteiger partial charge in [-0.15, -0.1) is 0 Å². The molecule has 0 aromatic rings. The SMILES string of the molecule is CCCCCC(C)NC(=O)CN(CCC)CCO. The predicted octanol–water partition coefficient (Wildman–Crippen LogP) is 1.78. The van der Waals surface area contributed by atoms with E-state index in [1.807, 2.05) is 4.90 Å². The van der Waals surface area contributed by atoms with E-state index in [1.165, 1.54) is 19.3 Å². The van der Waals surface area contributed by atoms with Gasteiger partial charge in [0.05, 0.1) is 13.2 Å². The molecular weight excluding hydrogens is 228 g/mol. The first-order valence-corrected chi connectivity index (χ1v) is 7.26. The average molecular weight is 258 g/mol. The van der Waals surface area contributed by atoms with Gasteiger partial charge in [-0.1, -0.05) is 33.1 Å². The summed E-state index contributed by atoms with van der Waals surface area (Å²) in [6.07, 6.45) is 5.66. The summed E-state index contributed by atoms with van der Waals surface area (Å²) in [7, 11) is 0. The molecule has 108 valence electrons. The highest BCUT2D eigenvalue weighted by Crippen LogP contribution is 2.02. The first kappa shape index (κ1) is 17.4. The monoisotopic (exact) mass is 258 g/mol. The van der Waals surface area contributed by atoms with Crippen molar-refractivity contribution in [2.45, 2.75) is 58.9 Å². The minimum absolute atomic E-state index is 0.0703. The third-order valence-electron chi connectivity index (χ3n) is 2.97. The number of amides is 1. The van der Waals surface area contributed by atoms with E-state index in [1.54, 1.807) is 0 Å². The lowest BCUT2D eigenvalue weighted by atomic mass is 10.1. The maximum atomic E-state index is 11.8. The van der Waals surface area contributed by atoms with Crippen molar-refractivity contribution < 1.29 is 9.90 Å². The van der Waals surface area contributed by atoms with Gasteiger partial charge in [0.25, 0.3) is 0 Å². The molecule has 0 bridgehead atoms. The van der Waals surface area contributed by atoms with Crippen LogP contribution in [0.5, 0.6) is 0 Å². The first-order valence-electron chi connectivity index (χ1n) is 7.26. The molecule has 1 amide bonds. The Labute approximate surface area is 112 Å². The Morgan fingerprint density at radius 2 is 1.94 bits per heavy atom. The van der Waals surface area contributed by atoms with Crippen LogP contribution in [-0.2, 0) is 4.79 Å². The number of nitrogens with one attached hydrogen (secondary N) is 1. The fourth-order valence-corrected chi connectivity index (χ4v) is 2.02. The van der Waals surface area contributed by atoms with Gasteiger partial charge in [-0.05, 0) is 26.3 Å². The van der Waals surface area contributed by atoms with Gasteiger partial charge in [-0.2, -0.15) is 0 Å². The van der Waals surface area contributed by atoms with Crippen LogP contribution in [0.2, 0.25) is 0 Å². The standard InChI is InChI=1S/C14H30N2O2/c1-4-6-7-8-13(3)15-14(18)12-16(9-5-2)10-11-17/h13,17H,4-12H2,1-3H3,(H,15,18). The van der Waals surface area contributed by atoms with Crippen molar-refractivity contribution in [3.63, 3.8) is 0 Å². The summed E-state index contributed by atoms with van der Waals surface area (Å²) < 4.78 is 0. The predicted molar refractivity (Wildman–Crippen MR) is 75.6 cm³/mol. The quantitative estimate of drug-likeness (QED) is 0.555. The van der Waals surface area contributed by atoms with Crippen molar-refractivity contribution in [2.75, 3.05) is 26.2 Å². The number of nitrogens with zero attached hydrogens (tertiary/aromatic N) is 1. The van der Waals surface area contributed by atoms with E-state index in [-0.39, 0.29) is 18.6 Å². The second kappa shape index (κ2) is 11.5. The third kappa shape index (κ3) is 9.42. The molecule has 0 aliphatic rings. The molecular formula is C14H30N2O2. The number of carbonyl (C=O) groups is 1. The van der Waals surface area contributed by atoms with Crippen molar-refractivity contribution in [3.8, 4) is 0 Å². The zero-order valence-electron chi connectivity index (χ0n) is 12.2. The molecule has 4 nitrogen and oxygen atoms in total. The summed E-state index contributed by atoms with van der Waals surface area (Å²) in [5.74, 6) is 0.0703. The Morgan fingerprint density at radius 3 is 2.50 bits per heavy atom. The minimum atomic E-state index is 0.0703. The number of hydrogen-bond donors (Lipinski definition) is 2. The Hall–Kier alpha value is -0.610. The molecule has 1 atom stereocenters. The molecule has 0 aromatic carbocycles. The van der Waals surface area contributed by atoms with E-state index < -0.39 is 0 Å². The van der Waals surface area contributed by atoms with Crippen molar-refractivity contribution in [1.29, 1.82) is 0 Å². The van der Waals surface area contributed by atoms with Gasteiger partial charge in [-0.25, -0.2) is 0 Å². The fraction of sp³-hybridized carbons (Fsp3) is 0.929. The summed E-state index contributed by atoms with van der Waals surface area (Å²) >= 11 is 0. The molecule has 0 aliphatic carbocycles. The summed E-state index contributed by atoms with van der Waals surface area (Å²) in [6, 6.07) is 0.252. The van der Waals surface area contributed by atoms with Crippen LogP contribution >= 0.6 is 0 Å². The van der Waals surface area contributed by atoms with Gasteiger partial charge in [0, 0.05) is 12.6 Å². The molecule has 4 heteroatoms. The van der Waals surface area contributed by atoms with E-state index in [9.17, 15) is 4.79 Å². The van der Waals surface area contributed by atoms with Gasteiger partial charge in [0.2, 0.25) is 5.91 Å². The van der Waals surface area contributed by atoms with Gasteiger partial charge in [0.15, 0.2) is 0 Å². The molecule has 0 aliphatic heterocycles. The largest absolute Gasteiger partial charge is 0.395 e. The van der Waals surface area contributed by atoms with Crippen LogP contribution in [0.3, 0.4) is 0 Å².